The molecule has 2 aromatic carbocycles. The Labute approximate surface area is 185 Å². The standard InChI is InChI=1S/C23H26F2N4O3/c1-3-26-23(28-14-18-15-31-21(29-18)16-9-6-5-7-10-16)27-13-17-11-8-12-19(30-4-2)20(17)32-22(24)25/h5-12,15,22H,3-4,13-14H2,1-2H3,(H2,26,27,28). The van der Waals surface area contributed by atoms with Gasteiger partial charge in [0.15, 0.2) is 17.5 Å². The molecule has 0 aliphatic heterocycles. The molecule has 1 aromatic heterocycles. The average molecular weight is 444 g/mol. The number of nitrogens with zero attached hydrogens (tertiary/aromatic N) is 2. The lowest BCUT2D eigenvalue weighted by Crippen LogP contribution is -2.36. The van der Waals surface area contributed by atoms with Gasteiger partial charge in [0, 0.05) is 17.7 Å². The highest BCUT2D eigenvalue weighted by molar-refractivity contribution is 5.79. The molecule has 0 spiro atoms. The van der Waals surface area contributed by atoms with E-state index in [0.717, 1.165) is 5.56 Å². The number of hydrogen-bond donors (Lipinski definition) is 2. The molecule has 0 saturated heterocycles. The number of rotatable bonds is 10. The molecule has 170 valence electrons. The molecule has 0 amide bonds. The first-order valence-electron chi connectivity index (χ1n) is 10.3. The van der Waals surface area contributed by atoms with Gasteiger partial charge >= 0.3 is 6.61 Å². The number of hydrogen-bond acceptors (Lipinski definition) is 5. The van der Waals surface area contributed by atoms with Crippen LogP contribution in [-0.4, -0.2) is 30.7 Å². The van der Waals surface area contributed by atoms with Gasteiger partial charge in [-0.25, -0.2) is 9.98 Å². The maximum atomic E-state index is 12.9. The molecule has 7 nitrogen and oxygen atoms in total. The normalized spacial score (nSPS) is 11.5. The lowest BCUT2D eigenvalue weighted by atomic mass is 10.2. The summed E-state index contributed by atoms with van der Waals surface area (Å²) in [6.07, 6.45) is 1.58. The first-order valence-corrected chi connectivity index (χ1v) is 10.3. The monoisotopic (exact) mass is 444 g/mol. The maximum Gasteiger partial charge on any atom is 0.387 e. The third-order valence-electron chi connectivity index (χ3n) is 4.33. The lowest BCUT2D eigenvalue weighted by Gasteiger charge is -2.15. The van der Waals surface area contributed by atoms with E-state index in [2.05, 4.69) is 20.6 Å². The van der Waals surface area contributed by atoms with Gasteiger partial charge in [0.25, 0.3) is 0 Å². The van der Waals surface area contributed by atoms with Gasteiger partial charge in [-0.1, -0.05) is 30.3 Å². The molecular weight excluding hydrogens is 418 g/mol. The second-order valence-electron chi connectivity index (χ2n) is 6.61. The zero-order valence-corrected chi connectivity index (χ0v) is 18.0. The van der Waals surface area contributed by atoms with E-state index in [-0.39, 0.29) is 18.0 Å². The molecule has 32 heavy (non-hydrogen) atoms. The van der Waals surface area contributed by atoms with Crippen molar-refractivity contribution in [3.63, 3.8) is 0 Å². The van der Waals surface area contributed by atoms with Crippen LogP contribution in [0.25, 0.3) is 11.5 Å². The van der Waals surface area contributed by atoms with E-state index in [1.54, 1.807) is 31.4 Å². The number of oxazole rings is 1. The van der Waals surface area contributed by atoms with Crippen molar-refractivity contribution in [1.82, 2.24) is 15.6 Å². The molecule has 0 atom stereocenters. The van der Waals surface area contributed by atoms with Crippen molar-refractivity contribution < 1.29 is 22.7 Å². The minimum absolute atomic E-state index is 0.00653. The van der Waals surface area contributed by atoms with Crippen molar-refractivity contribution in [2.75, 3.05) is 13.2 Å². The second kappa shape index (κ2) is 11.7. The zero-order chi connectivity index (χ0) is 22.8. The Hall–Kier alpha value is -3.62. The topological polar surface area (TPSA) is 80.9 Å². The molecule has 0 aliphatic rings. The van der Waals surface area contributed by atoms with Gasteiger partial charge in [0.2, 0.25) is 5.89 Å². The SMILES string of the molecule is CCNC(=NCc1cccc(OCC)c1OC(F)F)NCc1coc(-c2ccccc2)n1. The summed E-state index contributed by atoms with van der Waals surface area (Å²) in [4.78, 5) is 8.97. The number of ether oxygens (including phenoxy) is 2. The molecule has 3 aromatic rings. The maximum absolute atomic E-state index is 12.9. The second-order valence-corrected chi connectivity index (χ2v) is 6.61. The van der Waals surface area contributed by atoms with Crippen LogP contribution in [0.1, 0.15) is 25.1 Å². The lowest BCUT2D eigenvalue weighted by molar-refractivity contribution is -0.0520. The first kappa shape index (κ1) is 23.1. The van der Waals surface area contributed by atoms with Crippen LogP contribution in [0.2, 0.25) is 0 Å². The average Bonchev–Trinajstić information content (AvgIpc) is 3.27. The Kier molecular flexibility index (Phi) is 8.42. The van der Waals surface area contributed by atoms with Crippen LogP contribution >= 0.6 is 0 Å². The summed E-state index contributed by atoms with van der Waals surface area (Å²) in [6.45, 7) is 2.20. The minimum Gasteiger partial charge on any atom is -0.490 e. The summed E-state index contributed by atoms with van der Waals surface area (Å²) < 4.78 is 41.5. The highest BCUT2D eigenvalue weighted by Crippen LogP contribution is 2.33. The van der Waals surface area contributed by atoms with Crippen molar-refractivity contribution in [3.05, 3.63) is 66.1 Å². The number of aliphatic imine (C=N–C) groups is 1. The number of para-hydroxylation sites is 1. The summed E-state index contributed by atoms with van der Waals surface area (Å²) in [5, 5.41) is 6.29. The molecule has 0 radical (unpaired) electrons. The molecule has 0 unspecified atom stereocenters. The van der Waals surface area contributed by atoms with Crippen LogP contribution in [-0.2, 0) is 13.1 Å². The Morgan fingerprint density at radius 1 is 1.09 bits per heavy atom. The number of benzene rings is 2. The molecule has 0 bridgehead atoms. The van der Waals surface area contributed by atoms with Crippen molar-refractivity contribution >= 4 is 5.96 Å². The van der Waals surface area contributed by atoms with Crippen LogP contribution in [0, 0.1) is 0 Å². The smallest absolute Gasteiger partial charge is 0.387 e. The van der Waals surface area contributed by atoms with Crippen LogP contribution in [0.3, 0.4) is 0 Å². The molecule has 9 heteroatoms. The summed E-state index contributed by atoms with van der Waals surface area (Å²) in [5.74, 6) is 1.29. The van der Waals surface area contributed by atoms with Gasteiger partial charge in [0.05, 0.1) is 25.4 Å². The van der Waals surface area contributed by atoms with Gasteiger partial charge in [0.1, 0.15) is 6.26 Å². The van der Waals surface area contributed by atoms with E-state index in [1.165, 1.54) is 0 Å². The van der Waals surface area contributed by atoms with E-state index >= 15 is 0 Å². The van der Waals surface area contributed by atoms with Crippen molar-refractivity contribution in [2.45, 2.75) is 33.5 Å². The summed E-state index contributed by atoms with van der Waals surface area (Å²) in [6, 6.07) is 14.6. The molecule has 0 saturated carbocycles. The number of alkyl halides is 2. The Morgan fingerprint density at radius 3 is 2.62 bits per heavy atom. The van der Waals surface area contributed by atoms with Gasteiger partial charge in [-0.2, -0.15) is 8.78 Å². The first-order chi connectivity index (χ1) is 15.6. The van der Waals surface area contributed by atoms with Gasteiger partial charge < -0.3 is 24.5 Å². The summed E-state index contributed by atoms with van der Waals surface area (Å²) in [5.41, 5.74) is 2.08. The third kappa shape index (κ3) is 6.44. The van der Waals surface area contributed by atoms with E-state index in [9.17, 15) is 8.78 Å². The fourth-order valence-corrected chi connectivity index (χ4v) is 2.96. The van der Waals surface area contributed by atoms with E-state index in [0.29, 0.717) is 42.8 Å². The molecule has 0 fully saturated rings. The van der Waals surface area contributed by atoms with Crippen LogP contribution in [0.4, 0.5) is 8.78 Å². The zero-order valence-electron chi connectivity index (χ0n) is 18.0. The third-order valence-corrected chi connectivity index (χ3v) is 4.33. The van der Waals surface area contributed by atoms with Crippen LogP contribution < -0.4 is 20.1 Å². The van der Waals surface area contributed by atoms with E-state index < -0.39 is 6.61 Å². The van der Waals surface area contributed by atoms with Crippen molar-refractivity contribution in [1.29, 1.82) is 0 Å². The summed E-state index contributed by atoms with van der Waals surface area (Å²) in [7, 11) is 0. The Bertz CT molecular complexity index is 1010. The molecule has 1 heterocycles. The quantitative estimate of drug-likeness (QED) is 0.352. The number of aromatic nitrogens is 1. The molecular formula is C23H26F2N4O3. The Balaban J connectivity index is 1.70. The predicted molar refractivity (Wildman–Crippen MR) is 118 cm³/mol. The highest BCUT2D eigenvalue weighted by atomic mass is 19.3. The number of nitrogens with one attached hydrogen (secondary N) is 2. The van der Waals surface area contributed by atoms with Gasteiger partial charge in [-0.05, 0) is 32.0 Å². The number of halogens is 2. The fourth-order valence-electron chi connectivity index (χ4n) is 2.96. The van der Waals surface area contributed by atoms with E-state index in [1.807, 2.05) is 37.3 Å². The Morgan fingerprint density at radius 2 is 1.91 bits per heavy atom. The minimum atomic E-state index is -2.96. The fraction of sp³-hybridized carbons (Fsp3) is 0.304. The number of guanidine groups is 1. The van der Waals surface area contributed by atoms with Crippen molar-refractivity contribution in [2.24, 2.45) is 4.99 Å². The highest BCUT2D eigenvalue weighted by Gasteiger charge is 2.16. The molecule has 3 rings (SSSR count). The van der Waals surface area contributed by atoms with Crippen molar-refractivity contribution in [3.8, 4) is 23.0 Å². The van der Waals surface area contributed by atoms with Gasteiger partial charge in [-0.3, -0.25) is 0 Å². The largest absolute Gasteiger partial charge is 0.490 e. The van der Waals surface area contributed by atoms with E-state index in [4.69, 9.17) is 13.9 Å². The molecule has 2 N–H and O–H groups in total. The van der Waals surface area contributed by atoms with Crippen LogP contribution in [0.15, 0.2) is 64.2 Å². The van der Waals surface area contributed by atoms with Gasteiger partial charge in [-0.15, -0.1) is 0 Å². The summed E-state index contributed by atoms with van der Waals surface area (Å²) >= 11 is 0. The molecule has 0 aliphatic carbocycles. The predicted octanol–water partition coefficient (Wildman–Crippen LogP) is 4.60. The van der Waals surface area contributed by atoms with Crippen LogP contribution in [0.5, 0.6) is 11.5 Å².